The predicted molar refractivity (Wildman–Crippen MR) is 85.7 cm³/mol. The standard InChI is InChI=1S/C19H34O/c1-3-4-5-6-16-7-9-18(10-8-16)19-13-11-17(12-14-19)15(2)20/h16-19H,3-14H2,1-2H3/t16?,17-,18?,19-. The maximum atomic E-state index is 11.4. The Morgan fingerprint density at radius 2 is 1.40 bits per heavy atom. The number of ketones is 1. The molecule has 1 heteroatoms. The fraction of sp³-hybridized carbons (Fsp3) is 0.947. The minimum Gasteiger partial charge on any atom is -0.300 e. The summed E-state index contributed by atoms with van der Waals surface area (Å²) in [4.78, 5) is 11.4. The molecule has 0 spiro atoms. The molecule has 0 aromatic rings. The number of carbonyl (C=O) groups excluding carboxylic acids is 1. The third-order valence-corrected chi connectivity index (χ3v) is 6.12. The molecule has 116 valence electrons. The van der Waals surface area contributed by atoms with Crippen molar-refractivity contribution in [2.24, 2.45) is 23.7 Å². The Morgan fingerprint density at radius 3 is 1.90 bits per heavy atom. The quantitative estimate of drug-likeness (QED) is 0.564. The molecule has 2 saturated carbocycles. The van der Waals surface area contributed by atoms with Gasteiger partial charge in [0.2, 0.25) is 0 Å². The van der Waals surface area contributed by atoms with Crippen molar-refractivity contribution < 1.29 is 4.79 Å². The van der Waals surface area contributed by atoms with E-state index in [1.165, 1.54) is 77.0 Å². The highest BCUT2D eigenvalue weighted by Gasteiger charge is 2.31. The van der Waals surface area contributed by atoms with Crippen LogP contribution in [-0.4, -0.2) is 5.78 Å². The molecule has 0 aromatic heterocycles. The Bertz CT molecular complexity index is 280. The SMILES string of the molecule is CCCCCC1CCC([C@H]2CC[C@H](C(C)=O)CC2)CC1. The number of hydrogen-bond acceptors (Lipinski definition) is 1. The first-order chi connectivity index (χ1) is 9.70. The van der Waals surface area contributed by atoms with Crippen LogP contribution in [0, 0.1) is 23.7 Å². The molecule has 0 aromatic carbocycles. The molecule has 0 aliphatic heterocycles. The molecule has 0 heterocycles. The number of hydrogen-bond donors (Lipinski definition) is 0. The van der Waals surface area contributed by atoms with E-state index in [2.05, 4.69) is 6.92 Å². The lowest BCUT2D eigenvalue weighted by molar-refractivity contribution is -0.122. The summed E-state index contributed by atoms with van der Waals surface area (Å²) in [7, 11) is 0. The zero-order valence-corrected chi connectivity index (χ0v) is 13.7. The van der Waals surface area contributed by atoms with Crippen LogP contribution in [-0.2, 0) is 4.79 Å². The molecule has 2 aliphatic carbocycles. The maximum absolute atomic E-state index is 11.4. The van der Waals surface area contributed by atoms with E-state index in [0.29, 0.717) is 11.7 Å². The molecule has 0 radical (unpaired) electrons. The summed E-state index contributed by atoms with van der Waals surface area (Å²) in [6.45, 7) is 4.08. The van der Waals surface area contributed by atoms with Crippen molar-refractivity contribution in [3.8, 4) is 0 Å². The van der Waals surface area contributed by atoms with Gasteiger partial charge >= 0.3 is 0 Å². The van der Waals surface area contributed by atoms with E-state index in [1.807, 2.05) is 0 Å². The van der Waals surface area contributed by atoms with Crippen LogP contribution in [0.25, 0.3) is 0 Å². The van der Waals surface area contributed by atoms with Crippen LogP contribution < -0.4 is 0 Å². The molecule has 2 rings (SSSR count). The highest BCUT2D eigenvalue weighted by atomic mass is 16.1. The number of Topliss-reactive ketones (excluding diaryl/α,β-unsaturated/α-hetero) is 1. The van der Waals surface area contributed by atoms with Gasteiger partial charge in [-0.3, -0.25) is 4.79 Å². The Morgan fingerprint density at radius 1 is 0.850 bits per heavy atom. The first kappa shape index (κ1) is 16.0. The molecule has 2 fully saturated rings. The van der Waals surface area contributed by atoms with Crippen LogP contribution in [0.2, 0.25) is 0 Å². The molecule has 0 bridgehead atoms. The normalized spacial score (nSPS) is 34.9. The van der Waals surface area contributed by atoms with Crippen molar-refractivity contribution in [3.05, 3.63) is 0 Å². The molecule has 0 amide bonds. The van der Waals surface area contributed by atoms with Gasteiger partial charge in [0.15, 0.2) is 0 Å². The van der Waals surface area contributed by atoms with Gasteiger partial charge in [0.05, 0.1) is 0 Å². The second-order valence-electron chi connectivity index (χ2n) is 7.50. The van der Waals surface area contributed by atoms with Crippen molar-refractivity contribution >= 4 is 5.78 Å². The minimum absolute atomic E-state index is 0.400. The Hall–Kier alpha value is -0.330. The van der Waals surface area contributed by atoms with Gasteiger partial charge in [-0.1, -0.05) is 45.4 Å². The fourth-order valence-electron chi connectivity index (χ4n) is 4.63. The first-order valence-electron chi connectivity index (χ1n) is 9.21. The molecule has 1 nitrogen and oxygen atoms in total. The van der Waals surface area contributed by atoms with Gasteiger partial charge in [0.1, 0.15) is 5.78 Å². The lowest BCUT2D eigenvalue weighted by atomic mass is 9.68. The highest BCUT2D eigenvalue weighted by Crippen LogP contribution is 2.42. The average Bonchev–Trinajstić information content (AvgIpc) is 2.48. The molecular weight excluding hydrogens is 244 g/mol. The summed E-state index contributed by atoms with van der Waals surface area (Å²) in [5, 5.41) is 0. The van der Waals surface area contributed by atoms with Gasteiger partial charge in [0, 0.05) is 5.92 Å². The molecule has 20 heavy (non-hydrogen) atoms. The zero-order chi connectivity index (χ0) is 14.4. The predicted octanol–water partition coefficient (Wildman–Crippen LogP) is 5.77. The van der Waals surface area contributed by atoms with Crippen molar-refractivity contribution in [1.29, 1.82) is 0 Å². The van der Waals surface area contributed by atoms with E-state index < -0.39 is 0 Å². The van der Waals surface area contributed by atoms with E-state index in [1.54, 1.807) is 6.92 Å². The minimum atomic E-state index is 0.400. The van der Waals surface area contributed by atoms with Crippen LogP contribution in [0.3, 0.4) is 0 Å². The van der Waals surface area contributed by atoms with Crippen molar-refractivity contribution in [2.45, 2.75) is 90.9 Å². The van der Waals surface area contributed by atoms with Gasteiger partial charge in [0.25, 0.3) is 0 Å². The third-order valence-electron chi connectivity index (χ3n) is 6.12. The molecule has 2 aliphatic rings. The topological polar surface area (TPSA) is 17.1 Å². The summed E-state index contributed by atoms with van der Waals surface area (Å²) < 4.78 is 0. The van der Waals surface area contributed by atoms with Gasteiger partial charge < -0.3 is 0 Å². The van der Waals surface area contributed by atoms with E-state index >= 15 is 0 Å². The van der Waals surface area contributed by atoms with Crippen molar-refractivity contribution in [3.63, 3.8) is 0 Å². The number of carbonyl (C=O) groups is 1. The van der Waals surface area contributed by atoms with Gasteiger partial charge in [-0.25, -0.2) is 0 Å². The van der Waals surface area contributed by atoms with E-state index in [-0.39, 0.29) is 0 Å². The van der Waals surface area contributed by atoms with Crippen LogP contribution in [0.15, 0.2) is 0 Å². The van der Waals surface area contributed by atoms with E-state index in [0.717, 1.165) is 17.8 Å². The molecule has 0 atom stereocenters. The van der Waals surface area contributed by atoms with Gasteiger partial charge in [-0.05, 0) is 63.2 Å². The number of rotatable bonds is 6. The van der Waals surface area contributed by atoms with Crippen molar-refractivity contribution in [1.82, 2.24) is 0 Å². The monoisotopic (exact) mass is 278 g/mol. The molecular formula is C19H34O. The molecule has 0 saturated heterocycles. The molecule has 0 N–H and O–H groups in total. The van der Waals surface area contributed by atoms with Crippen LogP contribution in [0.1, 0.15) is 90.9 Å². The smallest absolute Gasteiger partial charge is 0.132 e. The van der Waals surface area contributed by atoms with Crippen molar-refractivity contribution in [2.75, 3.05) is 0 Å². The zero-order valence-electron chi connectivity index (χ0n) is 13.7. The summed E-state index contributed by atoms with van der Waals surface area (Å²) in [5.74, 6) is 3.80. The maximum Gasteiger partial charge on any atom is 0.132 e. The average molecular weight is 278 g/mol. The Labute approximate surface area is 125 Å². The fourth-order valence-corrected chi connectivity index (χ4v) is 4.63. The van der Waals surface area contributed by atoms with Crippen LogP contribution in [0.4, 0.5) is 0 Å². The summed E-state index contributed by atoms with van der Waals surface area (Å²) >= 11 is 0. The molecule has 0 unspecified atom stereocenters. The second kappa shape index (κ2) is 8.20. The van der Waals surface area contributed by atoms with Crippen LogP contribution >= 0.6 is 0 Å². The number of unbranched alkanes of at least 4 members (excludes halogenated alkanes) is 2. The van der Waals surface area contributed by atoms with Gasteiger partial charge in [-0.2, -0.15) is 0 Å². The lowest BCUT2D eigenvalue weighted by Gasteiger charge is -2.37. The van der Waals surface area contributed by atoms with E-state index in [9.17, 15) is 4.79 Å². The summed E-state index contributed by atoms with van der Waals surface area (Å²) in [6, 6.07) is 0. The lowest BCUT2D eigenvalue weighted by Crippen LogP contribution is -2.27. The Balaban J connectivity index is 1.65. The highest BCUT2D eigenvalue weighted by molar-refractivity contribution is 5.78. The van der Waals surface area contributed by atoms with Gasteiger partial charge in [-0.15, -0.1) is 0 Å². The first-order valence-corrected chi connectivity index (χ1v) is 9.21. The summed E-state index contributed by atoms with van der Waals surface area (Å²) in [6.07, 6.45) is 16.7. The second-order valence-corrected chi connectivity index (χ2v) is 7.50. The summed E-state index contributed by atoms with van der Waals surface area (Å²) in [5.41, 5.74) is 0. The Kier molecular flexibility index (Phi) is 6.58. The van der Waals surface area contributed by atoms with Crippen LogP contribution in [0.5, 0.6) is 0 Å². The largest absolute Gasteiger partial charge is 0.300 e. The van der Waals surface area contributed by atoms with E-state index in [4.69, 9.17) is 0 Å². The third kappa shape index (κ3) is 4.60.